The molecule has 1 amide bonds. The minimum Gasteiger partial charge on any atom is -0.459 e. The second kappa shape index (κ2) is 12.5. The van der Waals surface area contributed by atoms with E-state index in [9.17, 15) is 9.18 Å². The molecule has 1 aliphatic rings. The number of halogens is 3. The van der Waals surface area contributed by atoms with Gasteiger partial charge in [-0.15, -0.1) is 0 Å². The number of rotatable bonds is 8. The van der Waals surface area contributed by atoms with E-state index >= 15 is 4.39 Å². The number of aromatic nitrogens is 3. The third-order valence-corrected chi connectivity index (χ3v) is 7.57. The number of nitrogens with zero attached hydrogens (tertiary/aromatic N) is 7. The summed E-state index contributed by atoms with van der Waals surface area (Å²) < 4.78 is 36.3. The van der Waals surface area contributed by atoms with Crippen molar-refractivity contribution in [2.75, 3.05) is 51.7 Å². The summed E-state index contributed by atoms with van der Waals surface area (Å²) in [6.07, 6.45) is 1.19. The smallest absolute Gasteiger partial charge is 0.319 e. The fraction of sp³-hybridized carbons (Fsp3) is 0.323. The lowest BCUT2D eigenvalue weighted by molar-refractivity contribution is -0.131. The molecule has 2 aromatic heterocycles. The van der Waals surface area contributed by atoms with E-state index in [0.717, 1.165) is 5.39 Å². The maximum absolute atomic E-state index is 16.5. The molecule has 1 saturated heterocycles. The number of carbonyl (C=O) groups excluding carboxylic acids is 1. The molecule has 43 heavy (non-hydrogen) atoms. The number of anilines is 1. The summed E-state index contributed by atoms with van der Waals surface area (Å²) in [5.74, 6) is -2.27. The Kier molecular flexibility index (Phi) is 8.71. The van der Waals surface area contributed by atoms with Crippen molar-refractivity contribution in [2.45, 2.75) is 19.1 Å². The first-order chi connectivity index (χ1) is 20.6. The number of hydrogen-bond donors (Lipinski definition) is 0. The van der Waals surface area contributed by atoms with Crippen LogP contribution in [0, 0.1) is 12.4 Å². The summed E-state index contributed by atoms with van der Waals surface area (Å²) >= 11 is 6.54. The SMILES string of the molecule is [C-]#[N+]C[C@H]1CN(c2nc(O[C@H](C)CN(C)C)nc3c(F)c(-c4cccc5cccc(Cl)c45)ncc23)CCN1C(=O)C(=C)F. The largest absolute Gasteiger partial charge is 0.459 e. The number of carbonyl (C=O) groups is 1. The highest BCUT2D eigenvalue weighted by Gasteiger charge is 2.35. The van der Waals surface area contributed by atoms with Crippen molar-refractivity contribution in [3.63, 3.8) is 0 Å². The highest BCUT2D eigenvalue weighted by Crippen LogP contribution is 2.37. The molecular weight excluding hydrogens is 576 g/mol. The molecule has 4 aromatic rings. The number of ether oxygens (including phenoxy) is 1. The zero-order valence-corrected chi connectivity index (χ0v) is 24.8. The fourth-order valence-corrected chi connectivity index (χ4v) is 5.74. The Hall–Kier alpha value is -4.40. The van der Waals surface area contributed by atoms with Crippen molar-refractivity contribution in [1.82, 2.24) is 24.8 Å². The van der Waals surface area contributed by atoms with Crippen LogP contribution in [0.2, 0.25) is 5.02 Å². The van der Waals surface area contributed by atoms with E-state index < -0.39 is 23.6 Å². The van der Waals surface area contributed by atoms with Crippen molar-refractivity contribution in [3.05, 3.63) is 77.3 Å². The molecule has 0 saturated carbocycles. The second-order valence-electron chi connectivity index (χ2n) is 10.7. The van der Waals surface area contributed by atoms with Gasteiger partial charge in [-0.25, -0.2) is 15.4 Å². The predicted molar refractivity (Wildman–Crippen MR) is 163 cm³/mol. The Bertz CT molecular complexity index is 1750. The summed E-state index contributed by atoms with van der Waals surface area (Å²) in [6.45, 7) is 13.4. The molecule has 2 aromatic carbocycles. The van der Waals surface area contributed by atoms with Gasteiger partial charge in [0.05, 0.1) is 5.39 Å². The van der Waals surface area contributed by atoms with Gasteiger partial charge < -0.3 is 24.3 Å². The van der Waals surface area contributed by atoms with Gasteiger partial charge in [-0.3, -0.25) is 9.78 Å². The van der Waals surface area contributed by atoms with Crippen LogP contribution in [0.1, 0.15) is 6.92 Å². The van der Waals surface area contributed by atoms with Gasteiger partial charge in [0.15, 0.2) is 11.6 Å². The third kappa shape index (κ3) is 6.07. The molecule has 0 unspecified atom stereocenters. The number of likely N-dealkylation sites (N-methyl/N-ethyl adjacent to an activating group) is 1. The first-order valence-electron chi connectivity index (χ1n) is 13.7. The molecule has 0 bridgehead atoms. The lowest BCUT2D eigenvalue weighted by Crippen LogP contribution is -2.56. The summed E-state index contributed by atoms with van der Waals surface area (Å²) in [6, 6.07) is 10.3. The topological polar surface area (TPSA) is 79.1 Å². The van der Waals surface area contributed by atoms with E-state index in [2.05, 4.69) is 26.4 Å². The molecular formula is C31H30ClF2N7O2. The van der Waals surface area contributed by atoms with Crippen LogP contribution in [0.15, 0.2) is 55.0 Å². The number of hydrogen-bond acceptors (Lipinski definition) is 7. The lowest BCUT2D eigenvalue weighted by atomic mass is 10.0. The van der Waals surface area contributed by atoms with Crippen molar-refractivity contribution in [3.8, 4) is 17.3 Å². The Morgan fingerprint density at radius 3 is 2.70 bits per heavy atom. The van der Waals surface area contributed by atoms with Crippen molar-refractivity contribution < 1.29 is 18.3 Å². The van der Waals surface area contributed by atoms with Gasteiger partial charge in [0.1, 0.15) is 29.2 Å². The first kappa shape index (κ1) is 30.1. The molecule has 12 heteroatoms. The highest BCUT2D eigenvalue weighted by molar-refractivity contribution is 6.36. The standard InChI is InChI=1S/C31H30ClF2N7O2/c1-18(16-39(4)5)43-31-37-28-23(29(38-31)40-12-13-41(30(42)19(2)33)21(17-40)14-35-3)15-36-27(26(28)34)22-10-6-8-20-9-7-11-24(32)25(20)22/h6-11,15,18,21H,2,12-14,16-17H2,1,4-5H3/t18-,21+/m1/s1. The zero-order chi connectivity index (χ0) is 30.8. The Morgan fingerprint density at radius 2 is 2.00 bits per heavy atom. The molecule has 1 aliphatic heterocycles. The van der Waals surface area contributed by atoms with Crippen LogP contribution < -0.4 is 9.64 Å². The average molecular weight is 606 g/mol. The molecule has 0 aliphatic carbocycles. The van der Waals surface area contributed by atoms with Crippen molar-refractivity contribution >= 4 is 45.0 Å². The van der Waals surface area contributed by atoms with Crippen molar-refractivity contribution in [2.24, 2.45) is 0 Å². The number of pyridine rings is 1. The summed E-state index contributed by atoms with van der Waals surface area (Å²) in [5.41, 5.74) is 0.594. The van der Waals surface area contributed by atoms with Crippen molar-refractivity contribution in [1.29, 1.82) is 0 Å². The van der Waals surface area contributed by atoms with Gasteiger partial charge >= 0.3 is 6.01 Å². The van der Waals surface area contributed by atoms with Crippen LogP contribution in [0.4, 0.5) is 14.6 Å². The maximum Gasteiger partial charge on any atom is 0.319 e. The zero-order valence-electron chi connectivity index (χ0n) is 24.0. The van der Waals surface area contributed by atoms with Crippen LogP contribution in [-0.2, 0) is 4.79 Å². The van der Waals surface area contributed by atoms with Gasteiger partial charge in [-0.05, 0) is 32.5 Å². The van der Waals surface area contributed by atoms with Gasteiger partial charge in [-0.2, -0.15) is 9.97 Å². The quantitative estimate of drug-likeness (QED) is 0.197. The molecule has 0 spiro atoms. The van der Waals surface area contributed by atoms with E-state index in [1.807, 2.05) is 55.1 Å². The highest BCUT2D eigenvalue weighted by atomic mass is 35.5. The molecule has 3 heterocycles. The van der Waals surface area contributed by atoms with Gasteiger partial charge in [0.2, 0.25) is 6.54 Å². The third-order valence-electron chi connectivity index (χ3n) is 7.26. The molecule has 2 atom stereocenters. The number of piperazine rings is 1. The molecule has 5 rings (SSSR count). The average Bonchev–Trinajstić information content (AvgIpc) is 2.96. The van der Waals surface area contributed by atoms with E-state index in [0.29, 0.717) is 33.7 Å². The van der Waals surface area contributed by atoms with E-state index in [1.165, 1.54) is 11.1 Å². The maximum atomic E-state index is 16.5. The van der Waals surface area contributed by atoms with Gasteiger partial charge in [-0.1, -0.05) is 48.5 Å². The summed E-state index contributed by atoms with van der Waals surface area (Å²) in [7, 11) is 3.81. The Labute approximate surface area is 253 Å². The molecule has 222 valence electrons. The number of benzene rings is 2. The fourth-order valence-electron chi connectivity index (χ4n) is 5.46. The molecule has 0 N–H and O–H groups in total. The van der Waals surface area contributed by atoms with Crippen LogP contribution >= 0.6 is 11.6 Å². The molecule has 0 radical (unpaired) electrons. The minimum atomic E-state index is -1.09. The predicted octanol–water partition coefficient (Wildman–Crippen LogP) is 5.39. The minimum absolute atomic E-state index is 0.00322. The van der Waals surface area contributed by atoms with Crippen LogP contribution in [0.3, 0.4) is 0 Å². The number of fused-ring (bicyclic) bond motifs is 2. The second-order valence-corrected chi connectivity index (χ2v) is 11.1. The van der Waals surface area contributed by atoms with Crippen LogP contribution in [0.5, 0.6) is 6.01 Å². The van der Waals surface area contributed by atoms with E-state index in [1.54, 1.807) is 12.1 Å². The molecule has 1 fully saturated rings. The van der Waals surface area contributed by atoms with E-state index in [-0.39, 0.29) is 49.5 Å². The Morgan fingerprint density at radius 1 is 1.26 bits per heavy atom. The monoisotopic (exact) mass is 605 g/mol. The Balaban J connectivity index is 1.65. The number of amides is 1. The summed E-state index contributed by atoms with van der Waals surface area (Å²) in [4.78, 5) is 34.6. The van der Waals surface area contributed by atoms with Gasteiger partial charge in [0, 0.05) is 48.3 Å². The van der Waals surface area contributed by atoms with E-state index in [4.69, 9.17) is 22.9 Å². The lowest BCUT2D eigenvalue weighted by Gasteiger charge is -2.39. The summed E-state index contributed by atoms with van der Waals surface area (Å²) in [5, 5.41) is 2.30. The van der Waals surface area contributed by atoms with Gasteiger partial charge in [0.25, 0.3) is 5.91 Å². The van der Waals surface area contributed by atoms with Crippen LogP contribution in [0.25, 0.3) is 37.8 Å². The normalized spacial score (nSPS) is 16.0. The first-order valence-corrected chi connectivity index (χ1v) is 14.1. The molecule has 9 nitrogen and oxygen atoms in total. The van der Waals surface area contributed by atoms with Crippen LogP contribution in [-0.4, -0.2) is 89.6 Å².